The second kappa shape index (κ2) is 4.98. The van der Waals surface area contributed by atoms with Crippen LogP contribution in [-0.2, 0) is 13.0 Å². The summed E-state index contributed by atoms with van der Waals surface area (Å²) in [6, 6.07) is 3.90. The van der Waals surface area contributed by atoms with E-state index in [4.69, 9.17) is 8.83 Å². The molecule has 2 heterocycles. The van der Waals surface area contributed by atoms with Gasteiger partial charge in [-0.15, -0.1) is 0 Å². The van der Waals surface area contributed by atoms with Crippen LogP contribution < -0.4 is 5.32 Å². The van der Waals surface area contributed by atoms with Crippen LogP contribution in [0.2, 0.25) is 0 Å². The minimum absolute atomic E-state index is 0.0496. The molecule has 2 aromatic heterocycles. The number of nitrogens with one attached hydrogen (secondary N) is 1. The third kappa shape index (κ3) is 3.01. The van der Waals surface area contributed by atoms with Crippen molar-refractivity contribution >= 4 is 0 Å². The number of aromatic nitrogens is 1. The van der Waals surface area contributed by atoms with E-state index in [1.54, 1.807) is 0 Å². The van der Waals surface area contributed by atoms with E-state index in [0.29, 0.717) is 12.3 Å². The van der Waals surface area contributed by atoms with E-state index in [0.717, 1.165) is 23.6 Å². The Bertz CT molecular complexity index is 506. The molecule has 18 heavy (non-hydrogen) atoms. The van der Waals surface area contributed by atoms with E-state index in [-0.39, 0.29) is 5.54 Å². The molecule has 0 unspecified atom stereocenters. The van der Waals surface area contributed by atoms with Gasteiger partial charge in [0.25, 0.3) is 0 Å². The molecule has 4 nitrogen and oxygen atoms in total. The normalized spacial score (nSPS) is 12.0. The van der Waals surface area contributed by atoms with Crippen LogP contribution in [0, 0.1) is 0 Å². The summed E-state index contributed by atoms with van der Waals surface area (Å²) in [5.74, 6) is 2.41. The van der Waals surface area contributed by atoms with E-state index in [9.17, 15) is 0 Å². The lowest BCUT2D eigenvalue weighted by Crippen LogP contribution is -2.35. The van der Waals surface area contributed by atoms with Crippen molar-refractivity contribution in [2.45, 2.75) is 46.2 Å². The number of furan rings is 1. The van der Waals surface area contributed by atoms with Crippen LogP contribution in [0.4, 0.5) is 0 Å². The number of oxazole rings is 1. The Labute approximate surface area is 107 Å². The molecule has 1 N–H and O–H groups in total. The molecule has 0 radical (unpaired) electrons. The maximum atomic E-state index is 5.69. The molecule has 4 heteroatoms. The lowest BCUT2D eigenvalue weighted by Gasteiger charge is -2.19. The number of hydrogen-bond acceptors (Lipinski definition) is 4. The topological polar surface area (TPSA) is 51.2 Å². The van der Waals surface area contributed by atoms with Gasteiger partial charge in [0.05, 0.1) is 0 Å². The van der Waals surface area contributed by atoms with Gasteiger partial charge in [0.1, 0.15) is 11.5 Å². The molecule has 98 valence electrons. The number of nitrogens with zero attached hydrogens (tertiary/aromatic N) is 1. The zero-order valence-electron chi connectivity index (χ0n) is 11.4. The third-order valence-electron chi connectivity index (χ3n) is 2.66. The molecule has 0 amide bonds. The summed E-state index contributed by atoms with van der Waals surface area (Å²) in [6.07, 6.45) is 2.34. The summed E-state index contributed by atoms with van der Waals surface area (Å²) >= 11 is 0. The average Bonchev–Trinajstić information content (AvgIpc) is 2.93. The maximum absolute atomic E-state index is 5.69. The van der Waals surface area contributed by atoms with Crippen molar-refractivity contribution < 1.29 is 8.83 Å². The van der Waals surface area contributed by atoms with Crippen molar-refractivity contribution in [1.82, 2.24) is 10.3 Å². The lowest BCUT2D eigenvalue weighted by atomic mass is 10.1. The van der Waals surface area contributed by atoms with Gasteiger partial charge in [-0.1, -0.05) is 6.92 Å². The molecule has 0 bridgehead atoms. The quantitative estimate of drug-likeness (QED) is 0.901. The van der Waals surface area contributed by atoms with Gasteiger partial charge in [-0.3, -0.25) is 0 Å². The molecule has 0 atom stereocenters. The standard InChI is InChI=1S/C14H20N2O2/c1-5-10-6-7-12(18-10)13-11(15-9-17-13)8-16-14(2,3)4/h6-7,9,16H,5,8H2,1-4H3. The van der Waals surface area contributed by atoms with Crippen molar-refractivity contribution in [2.75, 3.05) is 0 Å². The van der Waals surface area contributed by atoms with E-state index >= 15 is 0 Å². The van der Waals surface area contributed by atoms with Crippen LogP contribution in [-0.4, -0.2) is 10.5 Å². The maximum Gasteiger partial charge on any atom is 0.194 e. The Morgan fingerprint density at radius 3 is 2.67 bits per heavy atom. The Morgan fingerprint density at radius 1 is 1.28 bits per heavy atom. The summed E-state index contributed by atoms with van der Waals surface area (Å²) in [5, 5.41) is 3.39. The third-order valence-corrected chi connectivity index (χ3v) is 2.66. The highest BCUT2D eigenvalue weighted by molar-refractivity contribution is 5.53. The fourth-order valence-electron chi connectivity index (χ4n) is 1.63. The lowest BCUT2D eigenvalue weighted by molar-refractivity contribution is 0.420. The van der Waals surface area contributed by atoms with Gasteiger partial charge in [0.15, 0.2) is 17.9 Å². The second-order valence-corrected chi connectivity index (χ2v) is 5.35. The number of aryl methyl sites for hydroxylation is 1. The van der Waals surface area contributed by atoms with Gasteiger partial charge in [-0.25, -0.2) is 4.98 Å². The summed E-state index contributed by atoms with van der Waals surface area (Å²) in [7, 11) is 0. The zero-order valence-corrected chi connectivity index (χ0v) is 11.4. The van der Waals surface area contributed by atoms with Crippen molar-refractivity contribution in [2.24, 2.45) is 0 Å². The average molecular weight is 248 g/mol. The fourth-order valence-corrected chi connectivity index (χ4v) is 1.63. The minimum atomic E-state index is 0.0496. The van der Waals surface area contributed by atoms with Crippen molar-refractivity contribution in [3.05, 3.63) is 30.0 Å². The second-order valence-electron chi connectivity index (χ2n) is 5.35. The van der Waals surface area contributed by atoms with Crippen LogP contribution in [0.3, 0.4) is 0 Å². The van der Waals surface area contributed by atoms with E-state index < -0.39 is 0 Å². The molecule has 0 aromatic carbocycles. The summed E-state index contributed by atoms with van der Waals surface area (Å²) in [6.45, 7) is 9.08. The molecule has 0 aliphatic heterocycles. The molecule has 0 spiro atoms. The zero-order chi connectivity index (χ0) is 13.2. The highest BCUT2D eigenvalue weighted by Gasteiger charge is 2.16. The smallest absolute Gasteiger partial charge is 0.194 e. The summed E-state index contributed by atoms with van der Waals surface area (Å²) in [4.78, 5) is 4.24. The highest BCUT2D eigenvalue weighted by atomic mass is 16.4. The Kier molecular flexibility index (Phi) is 3.57. The van der Waals surface area contributed by atoms with Gasteiger partial charge in [0, 0.05) is 18.5 Å². The molecule has 0 saturated heterocycles. The molecule has 0 aliphatic carbocycles. The van der Waals surface area contributed by atoms with Gasteiger partial charge < -0.3 is 14.2 Å². The first-order chi connectivity index (χ1) is 8.49. The number of hydrogen-bond donors (Lipinski definition) is 1. The van der Waals surface area contributed by atoms with Crippen LogP contribution in [0.5, 0.6) is 0 Å². The highest BCUT2D eigenvalue weighted by Crippen LogP contribution is 2.25. The predicted molar refractivity (Wildman–Crippen MR) is 70.2 cm³/mol. The number of rotatable bonds is 4. The Balaban J connectivity index is 2.17. The van der Waals surface area contributed by atoms with Crippen molar-refractivity contribution in [3.63, 3.8) is 0 Å². The molecular weight excluding hydrogens is 228 g/mol. The molecular formula is C14H20N2O2. The summed E-state index contributed by atoms with van der Waals surface area (Å²) < 4.78 is 11.1. The van der Waals surface area contributed by atoms with Crippen molar-refractivity contribution in [1.29, 1.82) is 0 Å². The summed E-state index contributed by atoms with van der Waals surface area (Å²) in [5.41, 5.74) is 0.926. The SMILES string of the molecule is CCc1ccc(-c2ocnc2CNC(C)(C)C)o1. The van der Waals surface area contributed by atoms with Crippen LogP contribution >= 0.6 is 0 Å². The van der Waals surface area contributed by atoms with Crippen molar-refractivity contribution in [3.8, 4) is 11.5 Å². The van der Waals surface area contributed by atoms with Crippen LogP contribution in [0.25, 0.3) is 11.5 Å². The fraction of sp³-hybridized carbons (Fsp3) is 0.500. The largest absolute Gasteiger partial charge is 0.458 e. The molecule has 0 fully saturated rings. The molecule has 2 rings (SSSR count). The minimum Gasteiger partial charge on any atom is -0.458 e. The van der Waals surface area contributed by atoms with Gasteiger partial charge in [-0.05, 0) is 32.9 Å². The van der Waals surface area contributed by atoms with Gasteiger partial charge in [0.2, 0.25) is 0 Å². The van der Waals surface area contributed by atoms with Gasteiger partial charge >= 0.3 is 0 Å². The first kappa shape index (κ1) is 12.9. The van der Waals surface area contributed by atoms with Gasteiger partial charge in [-0.2, -0.15) is 0 Å². The van der Waals surface area contributed by atoms with E-state index in [1.807, 2.05) is 12.1 Å². The molecule has 2 aromatic rings. The van der Waals surface area contributed by atoms with Crippen LogP contribution in [0.1, 0.15) is 39.1 Å². The predicted octanol–water partition coefficient (Wildman–Crippen LogP) is 3.39. The Morgan fingerprint density at radius 2 is 2.06 bits per heavy atom. The van der Waals surface area contributed by atoms with E-state index in [2.05, 4.69) is 38.0 Å². The molecule has 0 saturated carbocycles. The Hall–Kier alpha value is -1.55. The van der Waals surface area contributed by atoms with E-state index in [1.165, 1.54) is 6.39 Å². The monoisotopic (exact) mass is 248 g/mol. The molecule has 0 aliphatic rings. The van der Waals surface area contributed by atoms with Crippen LogP contribution in [0.15, 0.2) is 27.4 Å². The first-order valence-corrected chi connectivity index (χ1v) is 6.26. The first-order valence-electron chi connectivity index (χ1n) is 6.26.